The molecule has 0 aliphatic carbocycles. The zero-order chi connectivity index (χ0) is 22.0. The van der Waals surface area contributed by atoms with Gasteiger partial charge < -0.3 is 14.8 Å². The first-order valence-corrected chi connectivity index (χ1v) is 10.8. The van der Waals surface area contributed by atoms with Crippen molar-refractivity contribution in [3.63, 3.8) is 0 Å². The molecule has 158 valence electrons. The quantitative estimate of drug-likeness (QED) is 0.473. The monoisotopic (exact) mass is 436 g/mol. The summed E-state index contributed by atoms with van der Waals surface area (Å²) in [6.07, 6.45) is 0. The lowest BCUT2D eigenvalue weighted by atomic mass is 10.1. The lowest BCUT2D eigenvalue weighted by molar-refractivity contribution is 0.395. The Morgan fingerprint density at radius 3 is 2.10 bits per heavy atom. The highest BCUT2D eigenvalue weighted by molar-refractivity contribution is 7.89. The number of hydrogen-bond acceptors (Lipinski definition) is 7. The number of benzene rings is 3. The molecule has 0 fully saturated rings. The number of nitrogens with zero attached hydrogens (tertiary/aromatic N) is 2. The number of sulfonamides is 1. The summed E-state index contributed by atoms with van der Waals surface area (Å²) in [5, 5.41) is 8.57. The molecular weight excluding hydrogens is 416 g/mol. The minimum absolute atomic E-state index is 0.00559. The van der Waals surface area contributed by atoms with Crippen molar-refractivity contribution in [2.45, 2.75) is 4.90 Å². The van der Waals surface area contributed by atoms with Gasteiger partial charge in [0.25, 0.3) is 0 Å². The van der Waals surface area contributed by atoms with Gasteiger partial charge in [0, 0.05) is 29.4 Å². The number of rotatable bonds is 6. The van der Waals surface area contributed by atoms with Gasteiger partial charge in [-0.1, -0.05) is 24.3 Å². The second kappa shape index (κ2) is 8.21. The molecule has 0 bridgehead atoms. The van der Waals surface area contributed by atoms with Gasteiger partial charge in [0.15, 0.2) is 5.82 Å². The van der Waals surface area contributed by atoms with E-state index in [4.69, 9.17) is 24.6 Å². The third kappa shape index (κ3) is 4.42. The molecule has 0 saturated heterocycles. The number of methoxy groups -OCH3 is 2. The van der Waals surface area contributed by atoms with Crippen LogP contribution in [0.4, 0.5) is 11.5 Å². The molecule has 31 heavy (non-hydrogen) atoms. The fourth-order valence-electron chi connectivity index (χ4n) is 3.13. The molecule has 0 atom stereocenters. The van der Waals surface area contributed by atoms with E-state index in [1.54, 1.807) is 44.6 Å². The molecule has 1 heterocycles. The Bertz CT molecular complexity index is 1350. The van der Waals surface area contributed by atoms with E-state index < -0.39 is 10.0 Å². The van der Waals surface area contributed by atoms with Crippen molar-refractivity contribution >= 4 is 32.6 Å². The summed E-state index contributed by atoms with van der Waals surface area (Å²) < 4.78 is 34.4. The Kier molecular flexibility index (Phi) is 5.45. The highest BCUT2D eigenvalue weighted by Gasteiger charge is 2.15. The molecule has 0 spiro atoms. The Morgan fingerprint density at radius 1 is 0.839 bits per heavy atom. The van der Waals surface area contributed by atoms with Crippen LogP contribution in [0, 0.1) is 0 Å². The SMILES string of the molecule is COc1cc(Nc2nc3ccccc3nc2-c2cccc(S(N)(=O)=O)c2)cc(OC)c1. The Labute approximate surface area is 179 Å². The summed E-state index contributed by atoms with van der Waals surface area (Å²) in [7, 11) is -0.731. The topological polar surface area (TPSA) is 116 Å². The molecule has 0 amide bonds. The fourth-order valence-corrected chi connectivity index (χ4v) is 3.68. The van der Waals surface area contributed by atoms with Crippen LogP contribution >= 0.6 is 0 Å². The van der Waals surface area contributed by atoms with Crippen molar-refractivity contribution < 1.29 is 17.9 Å². The van der Waals surface area contributed by atoms with E-state index in [2.05, 4.69) is 5.32 Å². The van der Waals surface area contributed by atoms with Gasteiger partial charge in [-0.3, -0.25) is 0 Å². The van der Waals surface area contributed by atoms with Gasteiger partial charge in [-0.2, -0.15) is 0 Å². The van der Waals surface area contributed by atoms with Crippen LogP contribution in [-0.4, -0.2) is 32.6 Å². The van der Waals surface area contributed by atoms with E-state index >= 15 is 0 Å². The van der Waals surface area contributed by atoms with Crippen LogP contribution < -0.4 is 19.9 Å². The predicted octanol–water partition coefficient (Wildman–Crippen LogP) is 3.71. The molecule has 3 N–H and O–H groups in total. The van der Waals surface area contributed by atoms with Crippen LogP contribution in [0.5, 0.6) is 11.5 Å². The first-order valence-electron chi connectivity index (χ1n) is 9.27. The number of primary sulfonamides is 1. The van der Waals surface area contributed by atoms with Crippen LogP contribution in [0.3, 0.4) is 0 Å². The van der Waals surface area contributed by atoms with Crippen molar-refractivity contribution in [1.29, 1.82) is 0 Å². The lowest BCUT2D eigenvalue weighted by Crippen LogP contribution is -2.12. The number of ether oxygens (including phenoxy) is 2. The van der Waals surface area contributed by atoms with Crippen molar-refractivity contribution in [2.24, 2.45) is 5.14 Å². The first kappa shape index (κ1) is 20.6. The summed E-state index contributed by atoms with van der Waals surface area (Å²) in [5.41, 5.74) is 3.07. The first-order chi connectivity index (χ1) is 14.9. The Balaban J connectivity index is 1.89. The molecule has 9 heteroatoms. The normalized spacial score (nSPS) is 11.3. The van der Waals surface area contributed by atoms with Crippen LogP contribution in [0.1, 0.15) is 0 Å². The van der Waals surface area contributed by atoms with Gasteiger partial charge in [0.05, 0.1) is 30.1 Å². The zero-order valence-corrected chi connectivity index (χ0v) is 17.7. The summed E-state index contributed by atoms with van der Waals surface area (Å²) in [6, 6.07) is 19.1. The van der Waals surface area contributed by atoms with Crippen molar-refractivity contribution in [3.8, 4) is 22.8 Å². The second-order valence-electron chi connectivity index (χ2n) is 6.71. The standard InChI is InChI=1S/C22H20N4O4S/c1-29-16-11-15(12-17(13-16)30-2)24-22-21(25-19-8-3-4-9-20(19)26-22)14-6-5-7-18(10-14)31(23,27)28/h3-13H,1-2H3,(H,24,26)(H2,23,27,28). The van der Waals surface area contributed by atoms with Crippen LogP contribution in [0.15, 0.2) is 71.6 Å². The molecule has 3 aromatic carbocycles. The minimum Gasteiger partial charge on any atom is -0.497 e. The number of nitrogens with one attached hydrogen (secondary N) is 1. The average molecular weight is 436 g/mol. The summed E-state index contributed by atoms with van der Waals surface area (Å²) in [5.74, 6) is 1.65. The number of aromatic nitrogens is 2. The maximum atomic E-state index is 11.8. The largest absolute Gasteiger partial charge is 0.497 e. The third-order valence-corrected chi connectivity index (χ3v) is 5.53. The van der Waals surface area contributed by atoms with E-state index in [0.29, 0.717) is 45.3 Å². The van der Waals surface area contributed by atoms with Crippen molar-refractivity contribution in [1.82, 2.24) is 9.97 Å². The molecule has 0 aliphatic heterocycles. The highest BCUT2D eigenvalue weighted by Crippen LogP contribution is 2.33. The molecule has 8 nitrogen and oxygen atoms in total. The fraction of sp³-hybridized carbons (Fsp3) is 0.0909. The number of anilines is 2. The van der Waals surface area contributed by atoms with E-state index in [0.717, 1.165) is 0 Å². The number of para-hydroxylation sites is 2. The van der Waals surface area contributed by atoms with Crippen LogP contribution in [0.25, 0.3) is 22.3 Å². The lowest BCUT2D eigenvalue weighted by Gasteiger charge is -2.14. The predicted molar refractivity (Wildman–Crippen MR) is 119 cm³/mol. The maximum Gasteiger partial charge on any atom is 0.238 e. The molecule has 0 aliphatic rings. The molecule has 1 aromatic heterocycles. The minimum atomic E-state index is -3.87. The Hall–Kier alpha value is -3.69. The maximum absolute atomic E-state index is 11.8. The van der Waals surface area contributed by atoms with Gasteiger partial charge in [0.2, 0.25) is 10.0 Å². The van der Waals surface area contributed by atoms with E-state index in [-0.39, 0.29) is 4.90 Å². The molecule has 4 rings (SSSR count). The summed E-state index contributed by atoms with van der Waals surface area (Å²) in [4.78, 5) is 9.43. The number of fused-ring (bicyclic) bond motifs is 1. The third-order valence-electron chi connectivity index (χ3n) is 4.62. The molecular formula is C22H20N4O4S. The summed E-state index contributed by atoms with van der Waals surface area (Å²) >= 11 is 0. The van der Waals surface area contributed by atoms with Crippen molar-refractivity contribution in [3.05, 3.63) is 66.7 Å². The van der Waals surface area contributed by atoms with E-state index in [1.165, 1.54) is 12.1 Å². The van der Waals surface area contributed by atoms with Gasteiger partial charge in [-0.05, 0) is 24.3 Å². The second-order valence-corrected chi connectivity index (χ2v) is 8.27. The molecule has 4 aromatic rings. The van der Waals surface area contributed by atoms with E-state index in [9.17, 15) is 8.42 Å². The van der Waals surface area contributed by atoms with Gasteiger partial charge in [-0.25, -0.2) is 23.5 Å². The smallest absolute Gasteiger partial charge is 0.238 e. The van der Waals surface area contributed by atoms with E-state index in [1.807, 2.05) is 24.3 Å². The van der Waals surface area contributed by atoms with Crippen LogP contribution in [-0.2, 0) is 10.0 Å². The molecule has 0 saturated carbocycles. The van der Waals surface area contributed by atoms with Gasteiger partial charge >= 0.3 is 0 Å². The zero-order valence-electron chi connectivity index (χ0n) is 16.9. The molecule has 0 unspecified atom stereocenters. The average Bonchev–Trinajstić information content (AvgIpc) is 2.77. The number of hydrogen-bond donors (Lipinski definition) is 2. The van der Waals surface area contributed by atoms with Crippen molar-refractivity contribution in [2.75, 3.05) is 19.5 Å². The van der Waals surface area contributed by atoms with Gasteiger partial charge in [-0.15, -0.1) is 0 Å². The Morgan fingerprint density at radius 2 is 1.48 bits per heavy atom. The van der Waals surface area contributed by atoms with Gasteiger partial charge in [0.1, 0.15) is 17.2 Å². The van der Waals surface area contributed by atoms with Crippen LogP contribution in [0.2, 0.25) is 0 Å². The highest BCUT2D eigenvalue weighted by atomic mass is 32.2. The summed E-state index contributed by atoms with van der Waals surface area (Å²) in [6.45, 7) is 0. The number of nitrogens with two attached hydrogens (primary N) is 1. The molecule has 0 radical (unpaired) electrons.